The number of aromatic nitrogens is 1. The van der Waals surface area contributed by atoms with Crippen LogP contribution in [0.3, 0.4) is 0 Å². The minimum atomic E-state index is -0.326. The van der Waals surface area contributed by atoms with E-state index in [-0.39, 0.29) is 11.5 Å². The summed E-state index contributed by atoms with van der Waals surface area (Å²) >= 11 is 5.91. The van der Waals surface area contributed by atoms with Gasteiger partial charge < -0.3 is 10.3 Å². The zero-order valence-corrected chi connectivity index (χ0v) is 12.6. The summed E-state index contributed by atoms with van der Waals surface area (Å²) in [5.41, 5.74) is 2.19. The molecule has 0 saturated carbocycles. The summed E-state index contributed by atoms with van der Waals surface area (Å²) in [5, 5.41) is 4.13. The van der Waals surface area contributed by atoms with Crippen molar-refractivity contribution in [2.24, 2.45) is 0 Å². The second kappa shape index (κ2) is 5.66. The molecule has 0 aliphatic carbocycles. The average Bonchev–Trinajstić information content (AvgIpc) is 2.49. The van der Waals surface area contributed by atoms with E-state index in [1.807, 2.05) is 19.1 Å². The number of hydrogen-bond donors (Lipinski definition) is 2. The van der Waals surface area contributed by atoms with Gasteiger partial charge in [0.05, 0.1) is 5.56 Å². The molecule has 0 bridgehead atoms. The number of halogens is 1. The van der Waals surface area contributed by atoms with E-state index in [2.05, 4.69) is 10.3 Å². The normalized spacial score (nSPS) is 10.6. The molecule has 3 rings (SSSR count). The van der Waals surface area contributed by atoms with E-state index in [0.717, 1.165) is 5.56 Å². The van der Waals surface area contributed by atoms with Gasteiger partial charge in [0, 0.05) is 27.7 Å². The van der Waals surface area contributed by atoms with Crippen LogP contribution in [0.2, 0.25) is 5.02 Å². The van der Waals surface area contributed by atoms with E-state index in [0.29, 0.717) is 27.2 Å². The van der Waals surface area contributed by atoms with Crippen molar-refractivity contribution in [2.45, 2.75) is 6.92 Å². The molecule has 0 atom stereocenters. The number of H-pyrrole nitrogens is 1. The molecule has 1 heterocycles. The number of para-hydroxylation sites is 1. The van der Waals surface area contributed by atoms with Gasteiger partial charge in [-0.1, -0.05) is 29.8 Å². The number of aryl methyl sites for hydroxylation is 1. The highest BCUT2D eigenvalue weighted by Crippen LogP contribution is 2.21. The topological polar surface area (TPSA) is 62.0 Å². The minimum Gasteiger partial charge on any atom is -0.322 e. The molecule has 2 N–H and O–H groups in total. The molecule has 0 aliphatic heterocycles. The number of pyridine rings is 1. The van der Waals surface area contributed by atoms with Crippen LogP contribution < -0.4 is 10.9 Å². The fourth-order valence-corrected chi connectivity index (χ4v) is 2.58. The van der Waals surface area contributed by atoms with Crippen LogP contribution in [0.25, 0.3) is 10.9 Å². The Hall–Kier alpha value is -2.59. The molecule has 5 heteroatoms. The van der Waals surface area contributed by atoms with Crippen molar-refractivity contribution in [3.63, 3.8) is 0 Å². The Morgan fingerprint density at radius 1 is 1.14 bits per heavy atom. The van der Waals surface area contributed by atoms with Gasteiger partial charge in [0.2, 0.25) is 5.56 Å². The average molecular weight is 313 g/mol. The molecule has 0 fully saturated rings. The van der Waals surface area contributed by atoms with Gasteiger partial charge in [-0.25, -0.2) is 0 Å². The Morgan fingerprint density at radius 2 is 1.91 bits per heavy atom. The van der Waals surface area contributed by atoms with E-state index in [1.54, 1.807) is 30.3 Å². The lowest BCUT2D eigenvalue weighted by molar-refractivity contribution is 0.102. The van der Waals surface area contributed by atoms with Crippen LogP contribution in [0.5, 0.6) is 0 Å². The number of benzene rings is 2. The second-order valence-electron chi connectivity index (χ2n) is 5.01. The largest absolute Gasteiger partial charge is 0.322 e. The maximum atomic E-state index is 12.5. The number of hydrogen-bond acceptors (Lipinski definition) is 2. The van der Waals surface area contributed by atoms with Crippen LogP contribution >= 0.6 is 11.6 Å². The fourth-order valence-electron chi connectivity index (χ4n) is 2.35. The van der Waals surface area contributed by atoms with E-state index in [1.165, 1.54) is 6.07 Å². The number of amides is 1. The van der Waals surface area contributed by atoms with Gasteiger partial charge in [0.25, 0.3) is 5.91 Å². The highest BCUT2D eigenvalue weighted by Gasteiger charge is 2.12. The van der Waals surface area contributed by atoms with Crippen molar-refractivity contribution >= 4 is 34.1 Å². The summed E-state index contributed by atoms with van der Waals surface area (Å²) in [7, 11) is 0. The van der Waals surface area contributed by atoms with Crippen LogP contribution in [0.15, 0.2) is 53.3 Å². The fraction of sp³-hybridized carbons (Fsp3) is 0.0588. The Morgan fingerprint density at radius 3 is 2.68 bits per heavy atom. The van der Waals surface area contributed by atoms with Gasteiger partial charge in [-0.3, -0.25) is 9.59 Å². The maximum absolute atomic E-state index is 12.5. The van der Waals surface area contributed by atoms with Crippen molar-refractivity contribution in [3.8, 4) is 0 Å². The van der Waals surface area contributed by atoms with Gasteiger partial charge in [-0.2, -0.15) is 0 Å². The van der Waals surface area contributed by atoms with E-state index >= 15 is 0 Å². The van der Waals surface area contributed by atoms with E-state index in [4.69, 9.17) is 11.6 Å². The molecule has 0 spiro atoms. The molecule has 0 saturated heterocycles. The molecule has 0 unspecified atom stereocenters. The Balaban J connectivity index is 2.04. The summed E-state index contributed by atoms with van der Waals surface area (Å²) in [6, 6.07) is 13.7. The monoisotopic (exact) mass is 312 g/mol. The van der Waals surface area contributed by atoms with Gasteiger partial charge in [0.1, 0.15) is 0 Å². The standard InChI is InChI=1S/C17H13ClN2O2/c1-10-8-11(18)6-7-14(10)20-17(22)13-9-16(21)19-15-5-3-2-4-12(13)15/h2-9H,1H3,(H,19,21)(H,20,22). The van der Waals surface area contributed by atoms with Crippen molar-refractivity contribution in [1.29, 1.82) is 0 Å². The molecule has 110 valence electrons. The zero-order valence-electron chi connectivity index (χ0n) is 11.8. The van der Waals surface area contributed by atoms with Crippen LogP contribution in [0.1, 0.15) is 15.9 Å². The predicted octanol–water partition coefficient (Wildman–Crippen LogP) is 3.74. The maximum Gasteiger partial charge on any atom is 0.256 e. The molecule has 4 nitrogen and oxygen atoms in total. The number of aromatic amines is 1. The molecular formula is C17H13ClN2O2. The van der Waals surface area contributed by atoms with Crippen molar-refractivity contribution in [2.75, 3.05) is 5.32 Å². The molecule has 1 amide bonds. The van der Waals surface area contributed by atoms with Gasteiger partial charge in [-0.15, -0.1) is 0 Å². The van der Waals surface area contributed by atoms with Gasteiger partial charge in [0.15, 0.2) is 0 Å². The third-order valence-corrected chi connectivity index (χ3v) is 3.67. The summed E-state index contributed by atoms with van der Waals surface area (Å²) in [6.07, 6.45) is 0. The second-order valence-corrected chi connectivity index (χ2v) is 5.44. The number of nitrogens with one attached hydrogen (secondary N) is 2. The van der Waals surface area contributed by atoms with Crippen LogP contribution in [0, 0.1) is 6.92 Å². The summed E-state index contributed by atoms with van der Waals surface area (Å²) in [6.45, 7) is 1.86. The molecule has 2 aromatic carbocycles. The zero-order chi connectivity index (χ0) is 15.7. The van der Waals surface area contributed by atoms with Crippen LogP contribution in [0.4, 0.5) is 5.69 Å². The first-order valence-electron chi connectivity index (χ1n) is 6.74. The van der Waals surface area contributed by atoms with Crippen molar-refractivity contribution in [1.82, 2.24) is 4.98 Å². The first-order valence-corrected chi connectivity index (χ1v) is 7.12. The van der Waals surface area contributed by atoms with E-state index in [9.17, 15) is 9.59 Å². The Kier molecular flexibility index (Phi) is 3.69. The molecule has 1 aromatic heterocycles. The lowest BCUT2D eigenvalue weighted by Gasteiger charge is -2.10. The Bertz CT molecular complexity index is 931. The summed E-state index contributed by atoms with van der Waals surface area (Å²) in [4.78, 5) is 27.0. The lowest BCUT2D eigenvalue weighted by atomic mass is 10.1. The first kappa shape index (κ1) is 14.4. The number of carbonyl (C=O) groups excluding carboxylic acids is 1. The van der Waals surface area contributed by atoms with E-state index < -0.39 is 0 Å². The third kappa shape index (κ3) is 2.73. The number of rotatable bonds is 2. The van der Waals surface area contributed by atoms with Crippen LogP contribution in [-0.4, -0.2) is 10.9 Å². The highest BCUT2D eigenvalue weighted by molar-refractivity contribution is 6.30. The predicted molar refractivity (Wildman–Crippen MR) is 88.7 cm³/mol. The van der Waals surface area contributed by atoms with Crippen molar-refractivity contribution < 1.29 is 4.79 Å². The van der Waals surface area contributed by atoms with Gasteiger partial charge >= 0.3 is 0 Å². The molecule has 0 aliphatic rings. The smallest absolute Gasteiger partial charge is 0.256 e. The number of fused-ring (bicyclic) bond motifs is 1. The third-order valence-electron chi connectivity index (χ3n) is 3.43. The SMILES string of the molecule is Cc1cc(Cl)ccc1NC(=O)c1cc(=O)[nH]c2ccccc12. The molecule has 22 heavy (non-hydrogen) atoms. The quantitative estimate of drug-likeness (QED) is 0.757. The van der Waals surface area contributed by atoms with Crippen molar-refractivity contribution in [3.05, 3.63) is 75.0 Å². The molecular weight excluding hydrogens is 300 g/mol. The minimum absolute atomic E-state index is 0.309. The number of anilines is 1. The molecule has 3 aromatic rings. The summed E-state index contributed by atoms with van der Waals surface area (Å²) < 4.78 is 0. The van der Waals surface area contributed by atoms with Gasteiger partial charge in [-0.05, 0) is 36.8 Å². The number of carbonyl (C=O) groups is 1. The summed E-state index contributed by atoms with van der Waals surface area (Å²) in [5.74, 6) is -0.326. The highest BCUT2D eigenvalue weighted by atomic mass is 35.5. The first-order chi connectivity index (χ1) is 10.5. The van der Waals surface area contributed by atoms with Crippen LogP contribution in [-0.2, 0) is 0 Å². The molecule has 0 radical (unpaired) electrons. The lowest BCUT2D eigenvalue weighted by Crippen LogP contribution is -2.17. The Labute approximate surface area is 131 Å².